The molecular weight excluding hydrogens is 234 g/mol. The molecule has 2 aromatic rings. The van der Waals surface area contributed by atoms with Crippen molar-refractivity contribution in [3.63, 3.8) is 0 Å². The molecule has 0 aliphatic heterocycles. The summed E-state index contributed by atoms with van der Waals surface area (Å²) in [5.41, 5.74) is 3.39. The first-order valence-electron chi connectivity index (χ1n) is 5.21. The number of ether oxygens (including phenoxy) is 1. The molecule has 94 valence electrons. The van der Waals surface area contributed by atoms with Crippen LogP contribution in [0.1, 0.15) is 10.4 Å². The first-order valence-corrected chi connectivity index (χ1v) is 5.21. The van der Waals surface area contributed by atoms with Crippen LogP contribution < -0.4 is 16.6 Å². The molecule has 18 heavy (non-hydrogen) atoms. The van der Waals surface area contributed by atoms with Crippen LogP contribution in [0.15, 0.2) is 30.3 Å². The number of rotatable bonds is 4. The van der Waals surface area contributed by atoms with Crippen LogP contribution in [0.4, 0.5) is 17.3 Å². The van der Waals surface area contributed by atoms with Crippen molar-refractivity contribution in [2.75, 3.05) is 17.9 Å². The number of nitrogens with zero attached hydrogens (tertiary/aromatic N) is 1. The van der Waals surface area contributed by atoms with Crippen LogP contribution in [0.5, 0.6) is 0 Å². The van der Waals surface area contributed by atoms with Crippen LogP contribution in [0.2, 0.25) is 0 Å². The molecule has 0 radical (unpaired) electrons. The predicted octanol–water partition coefficient (Wildman–Crippen LogP) is 1.23. The number of anilines is 3. The first-order chi connectivity index (χ1) is 8.76. The van der Waals surface area contributed by atoms with E-state index in [1.54, 1.807) is 0 Å². The molecular formula is C11H13N5O2. The Labute approximate surface area is 103 Å². The third kappa shape index (κ3) is 2.25. The number of nitrogens with two attached hydrogens (primary N) is 1. The highest BCUT2D eigenvalue weighted by Gasteiger charge is 2.20. The molecule has 2 rings (SSSR count). The van der Waals surface area contributed by atoms with Crippen molar-refractivity contribution < 1.29 is 9.53 Å². The smallest absolute Gasteiger partial charge is 0.345 e. The summed E-state index contributed by atoms with van der Waals surface area (Å²) in [4.78, 5) is 11.6. The Morgan fingerprint density at radius 3 is 2.72 bits per heavy atom. The Bertz CT molecular complexity index is 538. The lowest BCUT2D eigenvalue weighted by Crippen LogP contribution is -2.13. The number of H-pyrrole nitrogens is 1. The van der Waals surface area contributed by atoms with Crippen LogP contribution in [0.25, 0.3) is 0 Å². The SMILES string of the molecule is COC(=O)c1c(Nc2ccccc2)n[nH]c1NN. The molecule has 0 saturated heterocycles. The van der Waals surface area contributed by atoms with E-state index in [4.69, 9.17) is 5.84 Å². The zero-order valence-corrected chi connectivity index (χ0v) is 9.73. The average Bonchev–Trinajstić information content (AvgIpc) is 2.82. The second-order valence-electron chi connectivity index (χ2n) is 3.45. The Balaban J connectivity index is 2.33. The van der Waals surface area contributed by atoms with Gasteiger partial charge < -0.3 is 15.5 Å². The maximum absolute atomic E-state index is 11.6. The Hall–Kier alpha value is -2.54. The molecule has 5 N–H and O–H groups in total. The molecule has 7 nitrogen and oxygen atoms in total. The molecule has 1 aromatic carbocycles. The number of hydrazine groups is 1. The highest BCUT2D eigenvalue weighted by atomic mass is 16.5. The van der Waals surface area contributed by atoms with E-state index in [2.05, 4.69) is 25.7 Å². The number of carbonyl (C=O) groups excluding carboxylic acids is 1. The van der Waals surface area contributed by atoms with E-state index in [1.807, 2.05) is 30.3 Å². The summed E-state index contributed by atoms with van der Waals surface area (Å²) in [5.74, 6) is 5.40. The molecule has 1 heterocycles. The topological polar surface area (TPSA) is 105 Å². The van der Waals surface area contributed by atoms with Crippen LogP contribution in [0, 0.1) is 0 Å². The number of carbonyl (C=O) groups is 1. The molecule has 0 unspecified atom stereocenters. The van der Waals surface area contributed by atoms with Crippen molar-refractivity contribution in [3.8, 4) is 0 Å². The van der Waals surface area contributed by atoms with Crippen molar-refractivity contribution >= 4 is 23.3 Å². The summed E-state index contributed by atoms with van der Waals surface area (Å²) in [5, 5.41) is 9.59. The average molecular weight is 247 g/mol. The normalized spacial score (nSPS) is 9.89. The van der Waals surface area contributed by atoms with Gasteiger partial charge in [-0.25, -0.2) is 10.6 Å². The molecule has 0 bridgehead atoms. The van der Waals surface area contributed by atoms with E-state index < -0.39 is 5.97 Å². The van der Waals surface area contributed by atoms with Gasteiger partial charge in [-0.15, -0.1) is 0 Å². The van der Waals surface area contributed by atoms with E-state index in [-0.39, 0.29) is 5.56 Å². The van der Waals surface area contributed by atoms with E-state index in [0.717, 1.165) is 5.69 Å². The number of hydrogen-bond acceptors (Lipinski definition) is 6. The summed E-state index contributed by atoms with van der Waals surface area (Å²) in [7, 11) is 1.29. The summed E-state index contributed by atoms with van der Waals surface area (Å²) in [6.45, 7) is 0. The van der Waals surface area contributed by atoms with Gasteiger partial charge in [-0.3, -0.25) is 5.10 Å². The predicted molar refractivity (Wildman–Crippen MR) is 67.5 cm³/mol. The molecule has 1 aromatic heterocycles. The fourth-order valence-electron chi connectivity index (χ4n) is 1.50. The molecule has 0 aliphatic rings. The summed E-state index contributed by atoms with van der Waals surface area (Å²) in [6, 6.07) is 9.34. The fourth-order valence-corrected chi connectivity index (χ4v) is 1.50. The number of aromatic nitrogens is 2. The molecule has 0 fully saturated rings. The Kier molecular flexibility index (Phi) is 3.44. The van der Waals surface area contributed by atoms with Crippen LogP contribution in [-0.2, 0) is 4.74 Å². The minimum Gasteiger partial charge on any atom is -0.465 e. The van der Waals surface area contributed by atoms with Gasteiger partial charge in [0.2, 0.25) is 0 Å². The Morgan fingerprint density at radius 1 is 1.39 bits per heavy atom. The zero-order valence-electron chi connectivity index (χ0n) is 9.73. The van der Waals surface area contributed by atoms with Crippen molar-refractivity contribution in [2.45, 2.75) is 0 Å². The van der Waals surface area contributed by atoms with E-state index in [1.165, 1.54) is 7.11 Å². The minimum atomic E-state index is -0.532. The third-order valence-electron chi connectivity index (χ3n) is 2.34. The van der Waals surface area contributed by atoms with Crippen molar-refractivity contribution in [1.82, 2.24) is 10.2 Å². The van der Waals surface area contributed by atoms with Gasteiger partial charge in [-0.05, 0) is 12.1 Å². The Morgan fingerprint density at radius 2 is 2.11 bits per heavy atom. The quantitative estimate of drug-likeness (QED) is 0.368. The van der Waals surface area contributed by atoms with E-state index in [9.17, 15) is 4.79 Å². The maximum atomic E-state index is 11.6. The molecule has 0 aliphatic carbocycles. The van der Waals surface area contributed by atoms with Gasteiger partial charge in [0.25, 0.3) is 0 Å². The second-order valence-corrected chi connectivity index (χ2v) is 3.45. The number of nitrogens with one attached hydrogen (secondary N) is 3. The van der Waals surface area contributed by atoms with E-state index in [0.29, 0.717) is 11.6 Å². The lowest BCUT2D eigenvalue weighted by atomic mass is 10.2. The van der Waals surface area contributed by atoms with Gasteiger partial charge in [-0.2, -0.15) is 5.10 Å². The van der Waals surface area contributed by atoms with Crippen LogP contribution >= 0.6 is 0 Å². The maximum Gasteiger partial charge on any atom is 0.345 e. The minimum absolute atomic E-state index is 0.226. The monoisotopic (exact) mass is 247 g/mol. The van der Waals surface area contributed by atoms with E-state index >= 15 is 0 Å². The summed E-state index contributed by atoms with van der Waals surface area (Å²) < 4.78 is 4.68. The second kappa shape index (κ2) is 5.19. The van der Waals surface area contributed by atoms with Gasteiger partial charge in [0, 0.05) is 5.69 Å². The van der Waals surface area contributed by atoms with Gasteiger partial charge >= 0.3 is 5.97 Å². The number of hydrogen-bond donors (Lipinski definition) is 4. The number of para-hydroxylation sites is 1. The first kappa shape index (κ1) is 11.9. The molecule has 7 heteroatoms. The molecule has 0 atom stereocenters. The van der Waals surface area contributed by atoms with Gasteiger partial charge in [0.05, 0.1) is 7.11 Å². The molecule has 0 spiro atoms. The zero-order chi connectivity index (χ0) is 13.0. The van der Waals surface area contributed by atoms with Crippen molar-refractivity contribution in [3.05, 3.63) is 35.9 Å². The van der Waals surface area contributed by atoms with Crippen molar-refractivity contribution in [2.24, 2.45) is 5.84 Å². The number of esters is 1. The largest absolute Gasteiger partial charge is 0.465 e. The van der Waals surface area contributed by atoms with Crippen molar-refractivity contribution in [1.29, 1.82) is 0 Å². The lowest BCUT2D eigenvalue weighted by Gasteiger charge is -2.05. The molecule has 0 amide bonds. The van der Waals surface area contributed by atoms with Gasteiger partial charge in [-0.1, -0.05) is 18.2 Å². The highest BCUT2D eigenvalue weighted by molar-refractivity contribution is 6.00. The van der Waals surface area contributed by atoms with Gasteiger partial charge in [0.1, 0.15) is 5.56 Å². The molecule has 0 saturated carbocycles. The lowest BCUT2D eigenvalue weighted by molar-refractivity contribution is 0.0603. The standard InChI is InChI=1S/C11H13N5O2/c1-18-11(17)8-9(15-16-10(8)14-12)13-7-5-3-2-4-6-7/h2-6H,12H2,1H3,(H3,13,14,15,16). The number of methoxy groups -OCH3 is 1. The third-order valence-corrected chi connectivity index (χ3v) is 2.34. The number of benzene rings is 1. The highest BCUT2D eigenvalue weighted by Crippen LogP contribution is 2.24. The van der Waals surface area contributed by atoms with Gasteiger partial charge in [0.15, 0.2) is 11.6 Å². The van der Waals surface area contributed by atoms with Crippen LogP contribution in [0.3, 0.4) is 0 Å². The van der Waals surface area contributed by atoms with Crippen LogP contribution in [-0.4, -0.2) is 23.3 Å². The fraction of sp³-hybridized carbons (Fsp3) is 0.0909. The number of nitrogen functional groups attached to an aromatic ring is 1. The number of aromatic amines is 1. The summed E-state index contributed by atoms with van der Waals surface area (Å²) >= 11 is 0. The summed E-state index contributed by atoms with van der Waals surface area (Å²) in [6.07, 6.45) is 0.